The number of rotatable bonds is 4. The first-order valence-corrected chi connectivity index (χ1v) is 7.04. The van der Waals surface area contributed by atoms with Crippen LogP contribution in [0.4, 0.5) is 10.1 Å². The first kappa shape index (κ1) is 15.4. The van der Waals surface area contributed by atoms with Crippen molar-refractivity contribution in [1.82, 2.24) is 9.55 Å². The summed E-state index contributed by atoms with van der Waals surface area (Å²) in [5.74, 6) is -1.29. The number of halogens is 1. The third kappa shape index (κ3) is 3.14. The molecule has 2 amide bonds. The molecule has 0 atom stereocenters. The maximum Gasteiger partial charge on any atom is 0.274 e. The molecule has 0 bridgehead atoms. The van der Waals surface area contributed by atoms with Crippen LogP contribution in [-0.2, 0) is 0 Å². The second-order valence-electron chi connectivity index (χ2n) is 5.02. The Labute approximate surface area is 136 Å². The molecule has 0 aliphatic carbocycles. The van der Waals surface area contributed by atoms with Crippen LogP contribution in [-0.4, -0.2) is 21.4 Å². The van der Waals surface area contributed by atoms with Crippen LogP contribution in [0.3, 0.4) is 0 Å². The number of hydrogen-bond acceptors (Lipinski definition) is 3. The fourth-order valence-electron chi connectivity index (χ4n) is 2.18. The van der Waals surface area contributed by atoms with Crippen molar-refractivity contribution in [1.29, 1.82) is 0 Å². The summed E-state index contributed by atoms with van der Waals surface area (Å²) in [5.41, 5.74) is 6.94. The van der Waals surface area contributed by atoms with Gasteiger partial charge in [0.15, 0.2) is 0 Å². The number of aromatic nitrogens is 2. The lowest BCUT2D eigenvalue weighted by atomic mass is 10.2. The summed E-state index contributed by atoms with van der Waals surface area (Å²) in [4.78, 5) is 27.4. The number of hydrogen-bond donors (Lipinski definition) is 2. The van der Waals surface area contributed by atoms with Crippen molar-refractivity contribution in [3.8, 4) is 5.69 Å². The molecule has 0 aliphatic rings. The van der Waals surface area contributed by atoms with Crippen LogP contribution in [0, 0.1) is 5.82 Å². The Morgan fingerprint density at radius 2 is 1.71 bits per heavy atom. The predicted octanol–water partition coefficient (Wildman–Crippen LogP) is 2.36. The zero-order chi connectivity index (χ0) is 17.1. The highest BCUT2D eigenvalue weighted by Crippen LogP contribution is 2.15. The second-order valence-corrected chi connectivity index (χ2v) is 5.02. The number of primary amides is 1. The van der Waals surface area contributed by atoms with Crippen LogP contribution in [0.15, 0.2) is 61.1 Å². The van der Waals surface area contributed by atoms with E-state index in [0.717, 1.165) is 0 Å². The molecule has 0 fully saturated rings. The van der Waals surface area contributed by atoms with Gasteiger partial charge >= 0.3 is 0 Å². The molecule has 0 saturated heterocycles. The molecule has 1 heterocycles. The fourth-order valence-corrected chi connectivity index (χ4v) is 2.18. The third-order valence-corrected chi connectivity index (χ3v) is 3.40. The van der Waals surface area contributed by atoms with E-state index in [-0.39, 0.29) is 11.7 Å². The Morgan fingerprint density at radius 1 is 1.04 bits per heavy atom. The van der Waals surface area contributed by atoms with E-state index in [1.54, 1.807) is 28.8 Å². The SMILES string of the molecule is NC(=O)c1ccc(NC(=O)c2cncn2-c2ccc(F)cc2)cc1. The zero-order valence-electron chi connectivity index (χ0n) is 12.4. The highest BCUT2D eigenvalue weighted by molar-refractivity contribution is 6.03. The number of nitrogens with one attached hydrogen (secondary N) is 1. The summed E-state index contributed by atoms with van der Waals surface area (Å²) in [6, 6.07) is 11.9. The van der Waals surface area contributed by atoms with Crippen LogP contribution >= 0.6 is 0 Å². The Morgan fingerprint density at radius 3 is 2.33 bits per heavy atom. The smallest absolute Gasteiger partial charge is 0.274 e. The molecule has 0 unspecified atom stereocenters. The van der Waals surface area contributed by atoms with E-state index in [4.69, 9.17) is 5.73 Å². The Hall–Kier alpha value is -3.48. The minimum Gasteiger partial charge on any atom is -0.366 e. The first-order valence-electron chi connectivity index (χ1n) is 7.04. The maximum atomic E-state index is 13.0. The Kier molecular flexibility index (Phi) is 4.07. The topological polar surface area (TPSA) is 90.0 Å². The van der Waals surface area contributed by atoms with Crippen LogP contribution in [0.25, 0.3) is 5.69 Å². The lowest BCUT2D eigenvalue weighted by Crippen LogP contribution is -2.16. The van der Waals surface area contributed by atoms with E-state index >= 15 is 0 Å². The second kappa shape index (κ2) is 6.33. The highest BCUT2D eigenvalue weighted by Gasteiger charge is 2.13. The molecule has 3 rings (SSSR count). The van der Waals surface area contributed by atoms with Crippen LogP contribution < -0.4 is 11.1 Å². The summed E-state index contributed by atoms with van der Waals surface area (Å²) >= 11 is 0. The van der Waals surface area contributed by atoms with Crippen molar-refractivity contribution < 1.29 is 14.0 Å². The molecule has 3 N–H and O–H groups in total. The van der Waals surface area contributed by atoms with E-state index in [1.165, 1.54) is 36.8 Å². The van der Waals surface area contributed by atoms with Crippen molar-refractivity contribution in [2.45, 2.75) is 0 Å². The van der Waals surface area contributed by atoms with Gasteiger partial charge in [-0.15, -0.1) is 0 Å². The number of carbonyl (C=O) groups excluding carboxylic acids is 2. The Bertz CT molecular complexity index is 886. The monoisotopic (exact) mass is 324 g/mol. The van der Waals surface area contributed by atoms with Gasteiger partial charge in [0.1, 0.15) is 11.5 Å². The van der Waals surface area contributed by atoms with Gasteiger partial charge < -0.3 is 11.1 Å². The number of anilines is 1. The van der Waals surface area contributed by atoms with Gasteiger partial charge in [-0.3, -0.25) is 14.2 Å². The lowest BCUT2D eigenvalue weighted by Gasteiger charge is -2.09. The van der Waals surface area contributed by atoms with Gasteiger partial charge in [-0.2, -0.15) is 0 Å². The molecule has 0 saturated carbocycles. The van der Waals surface area contributed by atoms with Crippen molar-refractivity contribution in [3.63, 3.8) is 0 Å². The van der Waals surface area contributed by atoms with E-state index in [9.17, 15) is 14.0 Å². The molecular formula is C17H13FN4O2. The number of nitrogens with zero attached hydrogens (tertiary/aromatic N) is 2. The minimum absolute atomic E-state index is 0.292. The van der Waals surface area contributed by atoms with E-state index in [1.807, 2.05) is 0 Å². The Balaban J connectivity index is 1.82. The molecule has 6 nitrogen and oxygen atoms in total. The van der Waals surface area contributed by atoms with Crippen molar-refractivity contribution >= 4 is 17.5 Å². The fraction of sp³-hybridized carbons (Fsp3) is 0. The van der Waals surface area contributed by atoms with Gasteiger partial charge in [0.05, 0.1) is 12.5 Å². The quantitative estimate of drug-likeness (QED) is 0.772. The maximum absolute atomic E-state index is 13.0. The zero-order valence-corrected chi connectivity index (χ0v) is 12.4. The molecule has 0 aliphatic heterocycles. The predicted molar refractivity (Wildman–Crippen MR) is 86.4 cm³/mol. The standard InChI is InChI=1S/C17H13FN4O2/c18-12-3-7-14(8-4-12)22-10-20-9-15(22)17(24)21-13-5-1-11(2-6-13)16(19)23/h1-10H,(H2,19,23)(H,21,24). The third-order valence-electron chi connectivity index (χ3n) is 3.40. The van der Waals surface area contributed by atoms with Gasteiger partial charge in [-0.1, -0.05) is 0 Å². The molecular weight excluding hydrogens is 311 g/mol. The average molecular weight is 324 g/mol. The van der Waals surface area contributed by atoms with Crippen LogP contribution in [0.1, 0.15) is 20.8 Å². The summed E-state index contributed by atoms with van der Waals surface area (Å²) in [6.07, 6.45) is 2.88. The summed E-state index contributed by atoms with van der Waals surface area (Å²) < 4.78 is 14.6. The van der Waals surface area contributed by atoms with Crippen molar-refractivity contribution in [2.75, 3.05) is 5.32 Å². The number of benzene rings is 2. The van der Waals surface area contributed by atoms with E-state index in [2.05, 4.69) is 10.3 Å². The molecule has 24 heavy (non-hydrogen) atoms. The van der Waals surface area contributed by atoms with Crippen molar-refractivity contribution in [2.24, 2.45) is 5.73 Å². The van der Waals surface area contributed by atoms with E-state index < -0.39 is 5.91 Å². The van der Waals surface area contributed by atoms with Gasteiger partial charge in [0, 0.05) is 16.9 Å². The molecule has 1 aromatic heterocycles. The molecule has 120 valence electrons. The summed E-state index contributed by atoms with van der Waals surface area (Å²) in [6.45, 7) is 0. The van der Waals surface area contributed by atoms with Gasteiger partial charge in [0.2, 0.25) is 5.91 Å². The van der Waals surface area contributed by atoms with Crippen LogP contribution in [0.2, 0.25) is 0 Å². The molecule has 0 radical (unpaired) electrons. The average Bonchev–Trinajstić information content (AvgIpc) is 3.06. The number of amides is 2. The van der Waals surface area contributed by atoms with Gasteiger partial charge in [-0.05, 0) is 48.5 Å². The van der Waals surface area contributed by atoms with Gasteiger partial charge in [0.25, 0.3) is 5.91 Å². The first-order chi connectivity index (χ1) is 11.5. The number of imidazole rings is 1. The number of carbonyl (C=O) groups is 2. The summed E-state index contributed by atoms with van der Waals surface area (Å²) in [5, 5.41) is 2.71. The van der Waals surface area contributed by atoms with Gasteiger partial charge in [-0.25, -0.2) is 9.37 Å². The highest BCUT2D eigenvalue weighted by atomic mass is 19.1. The molecule has 0 spiro atoms. The molecule has 7 heteroatoms. The van der Waals surface area contributed by atoms with Crippen molar-refractivity contribution in [3.05, 3.63) is 78.1 Å². The normalized spacial score (nSPS) is 10.4. The molecule has 3 aromatic rings. The number of nitrogens with two attached hydrogens (primary N) is 1. The van der Waals surface area contributed by atoms with Crippen LogP contribution in [0.5, 0.6) is 0 Å². The lowest BCUT2D eigenvalue weighted by molar-refractivity contribution is 0.0997. The minimum atomic E-state index is -0.540. The largest absolute Gasteiger partial charge is 0.366 e. The summed E-state index contributed by atoms with van der Waals surface area (Å²) in [7, 11) is 0. The molecule has 2 aromatic carbocycles. The van der Waals surface area contributed by atoms with E-state index in [0.29, 0.717) is 22.6 Å².